The molecule has 2 fully saturated rings. The molecule has 3 aliphatic rings. The van der Waals surface area contributed by atoms with Crippen LogP contribution in [0.1, 0.15) is 43.0 Å². The van der Waals surface area contributed by atoms with Crippen LogP contribution in [0.3, 0.4) is 0 Å². The Morgan fingerprint density at radius 2 is 1.85 bits per heavy atom. The van der Waals surface area contributed by atoms with E-state index in [1.165, 1.54) is 11.1 Å². The van der Waals surface area contributed by atoms with Crippen LogP contribution in [0.2, 0.25) is 5.02 Å². The second-order valence-corrected chi connectivity index (χ2v) is 8.55. The molecule has 2 aromatic rings. The number of hydrogen-bond acceptors (Lipinski definition) is 2. The molecule has 2 atom stereocenters. The maximum atomic E-state index is 12.9. The fourth-order valence-corrected chi connectivity index (χ4v) is 5.01. The monoisotopic (exact) mass is 364 g/mol. The molecule has 2 saturated heterocycles. The van der Waals surface area contributed by atoms with Gasteiger partial charge in [-0.05, 0) is 55.2 Å². The molecule has 3 nitrogen and oxygen atoms in total. The van der Waals surface area contributed by atoms with E-state index in [2.05, 4.69) is 49.2 Å². The van der Waals surface area contributed by atoms with Crippen LogP contribution in [0.5, 0.6) is 0 Å². The zero-order valence-electron chi connectivity index (χ0n) is 14.9. The summed E-state index contributed by atoms with van der Waals surface area (Å²) in [6.07, 6.45) is 3.70. The van der Waals surface area contributed by atoms with Crippen LogP contribution in [0, 0.1) is 5.92 Å². The van der Waals surface area contributed by atoms with E-state index >= 15 is 0 Å². The molecule has 1 amide bonds. The van der Waals surface area contributed by atoms with Crippen LogP contribution in [-0.4, -0.2) is 21.5 Å². The predicted molar refractivity (Wildman–Crippen MR) is 103 cm³/mol. The highest BCUT2D eigenvalue weighted by Crippen LogP contribution is 2.57. The summed E-state index contributed by atoms with van der Waals surface area (Å²) in [7, 11) is 0. The molecule has 2 aromatic carbocycles. The van der Waals surface area contributed by atoms with Crippen molar-refractivity contribution in [1.82, 2.24) is 10.0 Å². The van der Waals surface area contributed by atoms with Crippen molar-refractivity contribution < 1.29 is 4.79 Å². The molecule has 5 rings (SSSR count). The van der Waals surface area contributed by atoms with Crippen molar-refractivity contribution >= 4 is 23.6 Å². The number of amides is 1. The van der Waals surface area contributed by atoms with Crippen molar-refractivity contribution in [1.29, 1.82) is 0 Å². The first-order valence-corrected chi connectivity index (χ1v) is 9.51. The van der Waals surface area contributed by atoms with E-state index in [4.69, 9.17) is 11.6 Å². The molecule has 132 valence electrons. The fraction of sp³-hybridized carbons (Fsp3) is 0.318. The van der Waals surface area contributed by atoms with Crippen LogP contribution in [0.15, 0.2) is 54.2 Å². The lowest BCUT2D eigenvalue weighted by Gasteiger charge is -2.35. The summed E-state index contributed by atoms with van der Waals surface area (Å²) in [4.78, 5) is 12.9. The van der Waals surface area contributed by atoms with Gasteiger partial charge in [-0.2, -0.15) is 5.01 Å². The first kappa shape index (κ1) is 16.1. The van der Waals surface area contributed by atoms with Crippen molar-refractivity contribution in [3.05, 3.63) is 75.9 Å². The topological polar surface area (TPSA) is 23.6 Å². The molecule has 0 aromatic heterocycles. The Balaban J connectivity index is 1.67. The first-order chi connectivity index (χ1) is 12.5. The zero-order chi connectivity index (χ0) is 18.1. The Hall–Kier alpha value is -2.10. The first-order valence-electron chi connectivity index (χ1n) is 9.13. The minimum Gasteiger partial charge on any atom is -0.273 e. The van der Waals surface area contributed by atoms with E-state index in [-0.39, 0.29) is 17.5 Å². The number of halogens is 1. The summed E-state index contributed by atoms with van der Waals surface area (Å²) in [6, 6.07) is 16.7. The molecule has 0 radical (unpaired) electrons. The highest BCUT2D eigenvalue weighted by molar-refractivity contribution is 6.30. The maximum absolute atomic E-state index is 12.9. The van der Waals surface area contributed by atoms with Crippen molar-refractivity contribution in [3.8, 4) is 0 Å². The summed E-state index contributed by atoms with van der Waals surface area (Å²) < 4.78 is 0. The summed E-state index contributed by atoms with van der Waals surface area (Å²) in [5.41, 5.74) is 4.79. The van der Waals surface area contributed by atoms with Gasteiger partial charge in [-0.3, -0.25) is 4.79 Å². The van der Waals surface area contributed by atoms with Crippen LogP contribution in [-0.2, 0) is 11.2 Å². The van der Waals surface area contributed by atoms with Crippen LogP contribution >= 0.6 is 11.6 Å². The number of benzene rings is 2. The van der Waals surface area contributed by atoms with Crippen molar-refractivity contribution in [2.45, 2.75) is 38.3 Å². The smallest absolute Gasteiger partial charge is 0.243 e. The number of rotatable bonds is 1. The highest BCUT2D eigenvalue weighted by atomic mass is 35.5. The standard InChI is InChI=1S/C22H21ClN2O/c1-22(2)13-20(26)24-19(11-14-7-9-16(23)10-8-14)18-12-15-5-3-4-6-17(15)21(18)25(22)24/h3-11,18,21H,12-13H2,1-2H3/b19-11+. The Labute approximate surface area is 158 Å². The molecule has 1 aliphatic carbocycles. The molecular weight excluding hydrogens is 344 g/mol. The van der Waals surface area contributed by atoms with E-state index in [0.717, 1.165) is 22.7 Å². The van der Waals surface area contributed by atoms with Gasteiger partial charge in [0.2, 0.25) is 5.91 Å². The van der Waals surface area contributed by atoms with Gasteiger partial charge in [0.05, 0.1) is 6.04 Å². The predicted octanol–water partition coefficient (Wildman–Crippen LogP) is 4.84. The number of carbonyl (C=O) groups excluding carboxylic acids is 1. The van der Waals surface area contributed by atoms with Gasteiger partial charge in [-0.15, -0.1) is 0 Å². The minimum absolute atomic E-state index is 0.174. The fourth-order valence-electron chi connectivity index (χ4n) is 4.88. The summed E-state index contributed by atoms with van der Waals surface area (Å²) >= 11 is 6.03. The lowest BCUT2D eigenvalue weighted by atomic mass is 9.92. The van der Waals surface area contributed by atoms with Crippen LogP contribution in [0.4, 0.5) is 0 Å². The van der Waals surface area contributed by atoms with Crippen molar-refractivity contribution in [2.75, 3.05) is 0 Å². The molecular formula is C22H21ClN2O. The van der Waals surface area contributed by atoms with Gasteiger partial charge in [0.15, 0.2) is 0 Å². The van der Waals surface area contributed by atoms with E-state index in [1.807, 2.05) is 29.3 Å². The van der Waals surface area contributed by atoms with Gasteiger partial charge < -0.3 is 0 Å². The molecule has 0 saturated carbocycles. The molecule has 2 aliphatic heterocycles. The Bertz CT molecular complexity index is 931. The molecule has 2 heterocycles. The summed E-state index contributed by atoms with van der Waals surface area (Å²) in [6.45, 7) is 4.35. The number of hydrazine groups is 1. The third-order valence-corrected chi connectivity index (χ3v) is 6.17. The lowest BCUT2D eigenvalue weighted by molar-refractivity contribution is -0.134. The average molecular weight is 365 g/mol. The summed E-state index contributed by atoms with van der Waals surface area (Å²) in [5.74, 6) is 0.508. The Kier molecular flexibility index (Phi) is 3.37. The van der Waals surface area contributed by atoms with Crippen molar-refractivity contribution in [2.24, 2.45) is 5.92 Å². The van der Waals surface area contributed by atoms with Gasteiger partial charge in [0.1, 0.15) is 0 Å². The average Bonchev–Trinajstić information content (AvgIpc) is 3.19. The number of hydrogen-bond donors (Lipinski definition) is 0. The van der Waals surface area contributed by atoms with Gasteiger partial charge in [-0.25, -0.2) is 5.01 Å². The van der Waals surface area contributed by atoms with Gasteiger partial charge >= 0.3 is 0 Å². The highest BCUT2D eigenvalue weighted by Gasteiger charge is 2.59. The molecule has 2 unspecified atom stereocenters. The van der Waals surface area contributed by atoms with E-state index in [1.54, 1.807) is 0 Å². The largest absolute Gasteiger partial charge is 0.273 e. The molecule has 0 spiro atoms. The third-order valence-electron chi connectivity index (χ3n) is 5.92. The second kappa shape index (κ2) is 5.45. The summed E-state index contributed by atoms with van der Waals surface area (Å²) in [5, 5.41) is 5.01. The number of nitrogens with zero attached hydrogens (tertiary/aromatic N) is 2. The Morgan fingerprint density at radius 3 is 2.62 bits per heavy atom. The third kappa shape index (κ3) is 2.20. The second-order valence-electron chi connectivity index (χ2n) is 8.11. The maximum Gasteiger partial charge on any atom is 0.243 e. The van der Waals surface area contributed by atoms with E-state index in [0.29, 0.717) is 12.3 Å². The van der Waals surface area contributed by atoms with Crippen molar-refractivity contribution in [3.63, 3.8) is 0 Å². The molecule has 26 heavy (non-hydrogen) atoms. The zero-order valence-corrected chi connectivity index (χ0v) is 15.7. The molecule has 4 heteroatoms. The lowest BCUT2D eigenvalue weighted by Crippen LogP contribution is -2.43. The quantitative estimate of drug-likeness (QED) is 0.723. The van der Waals surface area contributed by atoms with Gasteiger partial charge in [-0.1, -0.05) is 48.0 Å². The van der Waals surface area contributed by atoms with Crippen LogP contribution < -0.4 is 0 Å². The van der Waals surface area contributed by atoms with E-state index in [9.17, 15) is 4.79 Å². The minimum atomic E-state index is -0.174. The SMILES string of the molecule is CC1(C)CC(=O)N2/C(=C/c3ccc(Cl)cc3)C3Cc4ccccc4C3N21. The normalized spacial score (nSPS) is 27.7. The number of carbonyl (C=O) groups is 1. The molecule has 0 bridgehead atoms. The Morgan fingerprint density at radius 1 is 1.12 bits per heavy atom. The van der Waals surface area contributed by atoms with E-state index < -0.39 is 0 Å². The number of fused-ring (bicyclic) bond motifs is 5. The van der Waals surface area contributed by atoms with Gasteiger partial charge in [0, 0.05) is 28.6 Å². The molecule has 0 N–H and O–H groups in total. The van der Waals surface area contributed by atoms with Gasteiger partial charge in [0.25, 0.3) is 0 Å². The van der Waals surface area contributed by atoms with Crippen LogP contribution in [0.25, 0.3) is 6.08 Å².